The quantitative estimate of drug-likeness (QED) is 0.625. The highest BCUT2D eigenvalue weighted by atomic mass is 16.6. The Bertz CT molecular complexity index is 953. The minimum atomic E-state index is -0.469. The summed E-state index contributed by atoms with van der Waals surface area (Å²) in [6, 6.07) is 12.0. The predicted molar refractivity (Wildman–Crippen MR) is 101 cm³/mol. The molecule has 0 spiro atoms. The smallest absolute Gasteiger partial charge is 0.269 e. The van der Waals surface area contributed by atoms with E-state index in [9.17, 15) is 25.0 Å². The zero-order chi connectivity index (χ0) is 20.4. The third-order valence-electron chi connectivity index (χ3n) is 4.91. The number of nitro groups is 2. The highest BCUT2D eigenvalue weighted by molar-refractivity contribution is 6.04. The first-order valence-corrected chi connectivity index (χ1v) is 8.66. The molecule has 1 heterocycles. The van der Waals surface area contributed by atoms with Crippen LogP contribution in [-0.4, -0.2) is 21.3 Å². The van der Waals surface area contributed by atoms with E-state index in [1.54, 1.807) is 31.2 Å². The molecule has 0 aliphatic carbocycles. The van der Waals surface area contributed by atoms with Crippen LogP contribution < -0.4 is 5.32 Å². The molecule has 0 bridgehead atoms. The number of Topliss-reactive ketones (excluding diaryl/α,β-unsaturated/α-hetero) is 1. The Morgan fingerprint density at radius 3 is 1.82 bits per heavy atom. The Morgan fingerprint density at radius 2 is 1.39 bits per heavy atom. The molecule has 0 fully saturated rings. The number of hydrogen-bond acceptors (Lipinski definition) is 6. The van der Waals surface area contributed by atoms with Crippen LogP contribution in [-0.2, 0) is 4.79 Å². The van der Waals surface area contributed by atoms with Crippen molar-refractivity contribution in [1.29, 1.82) is 0 Å². The maximum atomic E-state index is 12.2. The Kier molecular flexibility index (Phi) is 5.27. The molecule has 0 saturated heterocycles. The highest BCUT2D eigenvalue weighted by Gasteiger charge is 2.39. The molecule has 28 heavy (non-hydrogen) atoms. The molecule has 3 atom stereocenters. The molecule has 2 aromatic carbocycles. The van der Waals surface area contributed by atoms with Crippen LogP contribution in [0.4, 0.5) is 11.4 Å². The van der Waals surface area contributed by atoms with Crippen LogP contribution in [0.1, 0.15) is 37.2 Å². The molecule has 0 saturated carbocycles. The molecular formula is C19H19N4O5+. The third-order valence-corrected chi connectivity index (χ3v) is 4.91. The van der Waals surface area contributed by atoms with Crippen LogP contribution >= 0.6 is 0 Å². The average molecular weight is 383 g/mol. The lowest BCUT2D eigenvalue weighted by atomic mass is 9.84. The van der Waals surface area contributed by atoms with E-state index < -0.39 is 15.8 Å². The van der Waals surface area contributed by atoms with Gasteiger partial charge >= 0.3 is 0 Å². The van der Waals surface area contributed by atoms with Crippen molar-refractivity contribution in [2.45, 2.75) is 26.1 Å². The molecule has 9 heteroatoms. The van der Waals surface area contributed by atoms with Crippen molar-refractivity contribution < 1.29 is 20.0 Å². The molecule has 1 unspecified atom stereocenters. The Labute approximate surface area is 160 Å². The van der Waals surface area contributed by atoms with Crippen molar-refractivity contribution in [3.63, 3.8) is 0 Å². The molecule has 3 rings (SSSR count). The summed E-state index contributed by atoms with van der Waals surface area (Å²) in [5.41, 5.74) is 2.21. The number of rotatable bonds is 5. The molecule has 1 aliphatic heterocycles. The van der Waals surface area contributed by atoms with Crippen LogP contribution in [0.3, 0.4) is 0 Å². The summed E-state index contributed by atoms with van der Waals surface area (Å²) < 4.78 is 0. The maximum Gasteiger partial charge on any atom is 0.269 e. The molecule has 0 radical (unpaired) electrons. The zero-order valence-corrected chi connectivity index (χ0v) is 15.3. The molecule has 9 nitrogen and oxygen atoms in total. The number of quaternary nitrogens is 1. The SMILES string of the molecule is CC(=O)C1C(C)=N[C@H](c2ccc([N+](=O)[O-])cc2)[NH2+][C@@H]1c1ccc([N+](=O)[O-])cc1. The van der Waals surface area contributed by atoms with Crippen LogP contribution in [0.5, 0.6) is 0 Å². The average Bonchev–Trinajstić information content (AvgIpc) is 2.67. The van der Waals surface area contributed by atoms with E-state index in [-0.39, 0.29) is 29.4 Å². The van der Waals surface area contributed by atoms with Gasteiger partial charge in [0.05, 0.1) is 9.85 Å². The fourth-order valence-electron chi connectivity index (χ4n) is 3.56. The standard InChI is InChI=1S/C19H18N4O5/c1-11-17(12(2)24)18(13-3-7-15(8-4-13)22(25)26)21-19(20-11)14-5-9-16(10-6-14)23(27)28/h3-10,17-19,21H,1-2H3/p+1/t17?,18-,19+/m1/s1. The molecule has 0 amide bonds. The minimum absolute atomic E-state index is 0.00575. The number of ketones is 1. The van der Waals surface area contributed by atoms with E-state index in [0.717, 1.165) is 11.1 Å². The largest absolute Gasteiger partial charge is 0.314 e. The van der Waals surface area contributed by atoms with Crippen molar-refractivity contribution >= 4 is 22.9 Å². The lowest BCUT2D eigenvalue weighted by molar-refractivity contribution is -0.738. The number of nitro benzene ring substituents is 2. The number of benzene rings is 2. The molecule has 0 aromatic heterocycles. The van der Waals surface area contributed by atoms with Gasteiger partial charge in [-0.3, -0.25) is 25.0 Å². The van der Waals surface area contributed by atoms with Gasteiger partial charge in [-0.05, 0) is 38.1 Å². The van der Waals surface area contributed by atoms with E-state index in [4.69, 9.17) is 0 Å². The summed E-state index contributed by atoms with van der Waals surface area (Å²) in [5, 5.41) is 23.7. The van der Waals surface area contributed by atoms with E-state index in [0.29, 0.717) is 5.71 Å². The van der Waals surface area contributed by atoms with E-state index >= 15 is 0 Å². The lowest BCUT2D eigenvalue weighted by Crippen LogP contribution is -2.89. The van der Waals surface area contributed by atoms with Gasteiger partial charge in [0.1, 0.15) is 17.7 Å². The molecule has 1 aliphatic rings. The summed E-state index contributed by atoms with van der Waals surface area (Å²) in [6.45, 7) is 3.29. The number of carbonyl (C=O) groups excluding carboxylic acids is 1. The fraction of sp³-hybridized carbons (Fsp3) is 0.263. The normalized spacial score (nSPS) is 21.6. The van der Waals surface area contributed by atoms with Gasteiger partial charge in [-0.15, -0.1) is 0 Å². The number of non-ortho nitro benzene ring substituents is 2. The van der Waals surface area contributed by atoms with Crippen molar-refractivity contribution in [2.24, 2.45) is 10.9 Å². The van der Waals surface area contributed by atoms with Crippen LogP contribution in [0, 0.1) is 26.1 Å². The number of carbonyl (C=O) groups is 1. The van der Waals surface area contributed by atoms with Gasteiger partial charge < -0.3 is 5.32 Å². The molecular weight excluding hydrogens is 364 g/mol. The topological polar surface area (TPSA) is 132 Å². The zero-order valence-electron chi connectivity index (χ0n) is 15.3. The van der Waals surface area contributed by atoms with Gasteiger partial charge in [0.15, 0.2) is 0 Å². The Morgan fingerprint density at radius 1 is 0.929 bits per heavy atom. The van der Waals surface area contributed by atoms with Crippen molar-refractivity contribution in [3.05, 3.63) is 79.9 Å². The summed E-state index contributed by atoms with van der Waals surface area (Å²) in [7, 11) is 0. The van der Waals surface area contributed by atoms with E-state index in [1.165, 1.54) is 31.2 Å². The second kappa shape index (κ2) is 7.65. The number of nitrogens with two attached hydrogens (primary N) is 1. The van der Waals surface area contributed by atoms with Gasteiger partial charge in [-0.25, -0.2) is 4.99 Å². The van der Waals surface area contributed by atoms with Crippen LogP contribution in [0.25, 0.3) is 0 Å². The highest BCUT2D eigenvalue weighted by Crippen LogP contribution is 2.29. The van der Waals surface area contributed by atoms with E-state index in [2.05, 4.69) is 4.99 Å². The van der Waals surface area contributed by atoms with Gasteiger partial charge in [0.2, 0.25) is 6.17 Å². The van der Waals surface area contributed by atoms with Gasteiger partial charge in [0, 0.05) is 41.1 Å². The fourth-order valence-corrected chi connectivity index (χ4v) is 3.56. The van der Waals surface area contributed by atoms with E-state index in [1.807, 2.05) is 5.32 Å². The maximum absolute atomic E-state index is 12.2. The summed E-state index contributed by atoms with van der Waals surface area (Å²) >= 11 is 0. The summed E-state index contributed by atoms with van der Waals surface area (Å²) in [5.74, 6) is -0.487. The van der Waals surface area contributed by atoms with Gasteiger partial charge in [-0.1, -0.05) is 0 Å². The first-order valence-electron chi connectivity index (χ1n) is 8.66. The van der Waals surface area contributed by atoms with Gasteiger partial charge in [0.25, 0.3) is 11.4 Å². The van der Waals surface area contributed by atoms with Crippen LogP contribution in [0.2, 0.25) is 0 Å². The second-order valence-electron chi connectivity index (χ2n) is 6.72. The molecule has 2 aromatic rings. The van der Waals surface area contributed by atoms with Crippen molar-refractivity contribution in [2.75, 3.05) is 0 Å². The first kappa shape index (κ1) is 19.3. The molecule has 144 valence electrons. The first-order chi connectivity index (χ1) is 13.3. The number of aliphatic imine (C=N–C) groups is 1. The Balaban J connectivity index is 1.96. The summed E-state index contributed by atoms with van der Waals surface area (Å²) in [6.07, 6.45) is -0.364. The number of hydrogen-bond donors (Lipinski definition) is 1. The third kappa shape index (κ3) is 3.79. The molecule has 2 N–H and O–H groups in total. The van der Waals surface area contributed by atoms with Gasteiger partial charge in [-0.2, -0.15) is 0 Å². The number of nitrogens with zero attached hydrogens (tertiary/aromatic N) is 3. The van der Waals surface area contributed by atoms with Crippen molar-refractivity contribution in [3.8, 4) is 0 Å². The Hall–Kier alpha value is -3.46. The van der Waals surface area contributed by atoms with Crippen LogP contribution in [0.15, 0.2) is 53.5 Å². The minimum Gasteiger partial charge on any atom is -0.314 e. The second-order valence-corrected chi connectivity index (χ2v) is 6.72. The lowest BCUT2D eigenvalue weighted by Gasteiger charge is -2.31. The predicted octanol–water partition coefficient (Wildman–Crippen LogP) is 2.49. The van der Waals surface area contributed by atoms with Crippen molar-refractivity contribution in [1.82, 2.24) is 0 Å². The summed E-state index contributed by atoms with van der Waals surface area (Å²) in [4.78, 5) is 37.7. The monoisotopic (exact) mass is 383 g/mol.